The minimum absolute atomic E-state index is 0.103. The van der Waals surface area contributed by atoms with Gasteiger partial charge in [0.1, 0.15) is 0 Å². The van der Waals surface area contributed by atoms with E-state index in [9.17, 15) is 4.79 Å². The Labute approximate surface area is 120 Å². The van der Waals surface area contributed by atoms with Gasteiger partial charge < -0.3 is 10.2 Å². The molecule has 1 atom stereocenters. The van der Waals surface area contributed by atoms with E-state index in [0.717, 1.165) is 32.7 Å². The maximum Gasteiger partial charge on any atom is 0.317 e. The number of rotatable bonds is 3. The normalized spacial score (nSPS) is 23.6. The number of urea groups is 1. The van der Waals surface area contributed by atoms with Gasteiger partial charge in [0, 0.05) is 32.7 Å². The van der Waals surface area contributed by atoms with Gasteiger partial charge in [-0.25, -0.2) is 4.79 Å². The van der Waals surface area contributed by atoms with Crippen LogP contribution in [0.15, 0.2) is 35.9 Å². The Morgan fingerprint density at radius 3 is 2.95 bits per heavy atom. The molecule has 1 N–H and O–H groups in total. The van der Waals surface area contributed by atoms with Gasteiger partial charge in [-0.15, -0.1) is 0 Å². The lowest BCUT2D eigenvalue weighted by Gasteiger charge is -2.36. The molecule has 2 fully saturated rings. The lowest BCUT2D eigenvalue weighted by Crippen LogP contribution is -2.52. The Hall–Kier alpha value is -1.81. The van der Waals surface area contributed by atoms with Crippen LogP contribution in [0.5, 0.6) is 0 Å². The molecule has 1 aromatic carbocycles. The Kier molecular flexibility index (Phi) is 3.74. The standard InChI is InChI=1S/C16H21N3O/c1-13(9-14-5-3-2-4-6-14)11-18-7-8-19-15(12-18)10-17-16(19)20/h2-6,9,15H,7-8,10-12H2,1H3,(H,17,20). The molecule has 0 saturated carbocycles. The topological polar surface area (TPSA) is 35.6 Å². The van der Waals surface area contributed by atoms with Crippen LogP contribution in [0.1, 0.15) is 12.5 Å². The first-order chi connectivity index (χ1) is 9.72. The van der Waals surface area contributed by atoms with Crippen molar-refractivity contribution in [3.8, 4) is 0 Å². The van der Waals surface area contributed by atoms with Crippen molar-refractivity contribution in [2.24, 2.45) is 0 Å². The summed E-state index contributed by atoms with van der Waals surface area (Å²) in [4.78, 5) is 16.0. The van der Waals surface area contributed by atoms with Gasteiger partial charge in [-0.05, 0) is 12.5 Å². The van der Waals surface area contributed by atoms with Crippen LogP contribution in [0.3, 0.4) is 0 Å². The van der Waals surface area contributed by atoms with Crippen LogP contribution < -0.4 is 5.32 Å². The van der Waals surface area contributed by atoms with Crippen LogP contribution in [0.4, 0.5) is 4.79 Å². The Balaban J connectivity index is 1.59. The first-order valence-corrected chi connectivity index (χ1v) is 7.21. The van der Waals surface area contributed by atoms with Gasteiger partial charge in [-0.2, -0.15) is 0 Å². The summed E-state index contributed by atoms with van der Waals surface area (Å²) in [7, 11) is 0. The summed E-state index contributed by atoms with van der Waals surface area (Å²) in [5.41, 5.74) is 2.61. The van der Waals surface area contributed by atoms with Crippen LogP contribution in [0.25, 0.3) is 6.08 Å². The first-order valence-electron chi connectivity index (χ1n) is 7.21. The SMILES string of the molecule is CC(=Cc1ccccc1)CN1CCN2C(=O)NCC2C1. The monoisotopic (exact) mass is 271 g/mol. The van der Waals surface area contributed by atoms with Gasteiger partial charge in [0.2, 0.25) is 0 Å². The molecule has 0 aliphatic carbocycles. The fraction of sp³-hybridized carbons (Fsp3) is 0.438. The van der Waals surface area contributed by atoms with E-state index in [2.05, 4.69) is 47.5 Å². The van der Waals surface area contributed by atoms with E-state index < -0.39 is 0 Å². The second kappa shape index (κ2) is 5.67. The first kappa shape index (κ1) is 13.2. The van der Waals surface area contributed by atoms with Crippen LogP contribution in [0, 0.1) is 0 Å². The van der Waals surface area contributed by atoms with Crippen molar-refractivity contribution < 1.29 is 4.79 Å². The van der Waals surface area contributed by atoms with E-state index in [0.29, 0.717) is 6.04 Å². The number of amides is 2. The van der Waals surface area contributed by atoms with Gasteiger partial charge in [0.15, 0.2) is 0 Å². The van der Waals surface area contributed by atoms with Crippen LogP contribution in [-0.2, 0) is 0 Å². The van der Waals surface area contributed by atoms with E-state index >= 15 is 0 Å². The summed E-state index contributed by atoms with van der Waals surface area (Å²) in [5, 5.41) is 2.92. The third-order valence-corrected chi connectivity index (χ3v) is 4.00. The van der Waals surface area contributed by atoms with Gasteiger partial charge in [-0.1, -0.05) is 42.0 Å². The molecule has 3 rings (SSSR count). The molecule has 4 heteroatoms. The van der Waals surface area contributed by atoms with E-state index in [1.807, 2.05) is 11.0 Å². The highest BCUT2D eigenvalue weighted by Crippen LogP contribution is 2.16. The highest BCUT2D eigenvalue weighted by molar-refractivity contribution is 5.77. The largest absolute Gasteiger partial charge is 0.336 e. The van der Waals surface area contributed by atoms with Crippen molar-refractivity contribution in [1.29, 1.82) is 0 Å². The summed E-state index contributed by atoms with van der Waals surface area (Å²) >= 11 is 0. The van der Waals surface area contributed by atoms with Crippen LogP contribution >= 0.6 is 0 Å². The second-order valence-corrected chi connectivity index (χ2v) is 5.67. The molecule has 2 aliphatic heterocycles. The van der Waals surface area contributed by atoms with Crippen LogP contribution in [0.2, 0.25) is 0 Å². The Morgan fingerprint density at radius 2 is 2.15 bits per heavy atom. The fourth-order valence-electron chi connectivity index (χ4n) is 3.04. The summed E-state index contributed by atoms with van der Waals surface area (Å²) in [5.74, 6) is 0. The van der Waals surface area contributed by atoms with Crippen molar-refractivity contribution in [3.63, 3.8) is 0 Å². The lowest BCUT2D eigenvalue weighted by molar-refractivity contribution is 0.128. The van der Waals surface area contributed by atoms with Crippen molar-refractivity contribution in [2.75, 3.05) is 32.7 Å². The maximum absolute atomic E-state index is 11.6. The van der Waals surface area contributed by atoms with Gasteiger partial charge >= 0.3 is 6.03 Å². The number of fused-ring (bicyclic) bond motifs is 1. The molecule has 0 aromatic heterocycles. The minimum atomic E-state index is 0.103. The molecule has 0 bridgehead atoms. The molecule has 2 aliphatic rings. The number of carbonyl (C=O) groups is 1. The summed E-state index contributed by atoms with van der Waals surface area (Å²) in [6.07, 6.45) is 2.24. The number of nitrogens with zero attached hydrogens (tertiary/aromatic N) is 2. The van der Waals surface area contributed by atoms with Gasteiger partial charge in [0.05, 0.1) is 6.04 Å². The molecule has 0 radical (unpaired) electrons. The average Bonchev–Trinajstić information content (AvgIpc) is 2.81. The molecule has 106 valence electrons. The highest BCUT2D eigenvalue weighted by Gasteiger charge is 2.35. The smallest absolute Gasteiger partial charge is 0.317 e. The number of benzene rings is 1. The second-order valence-electron chi connectivity index (χ2n) is 5.67. The predicted molar refractivity (Wildman–Crippen MR) is 80.4 cm³/mol. The quantitative estimate of drug-likeness (QED) is 0.910. The zero-order valence-electron chi connectivity index (χ0n) is 11.9. The number of nitrogens with one attached hydrogen (secondary N) is 1. The third-order valence-electron chi connectivity index (χ3n) is 4.00. The van der Waals surface area contributed by atoms with Crippen molar-refractivity contribution in [1.82, 2.24) is 15.1 Å². The minimum Gasteiger partial charge on any atom is -0.336 e. The van der Waals surface area contributed by atoms with E-state index in [1.165, 1.54) is 11.1 Å². The summed E-state index contributed by atoms with van der Waals surface area (Å²) in [6.45, 7) is 6.72. The predicted octanol–water partition coefficient (Wildman–Crippen LogP) is 1.80. The zero-order valence-corrected chi connectivity index (χ0v) is 11.9. The Morgan fingerprint density at radius 1 is 1.35 bits per heavy atom. The molecule has 1 aromatic rings. The van der Waals surface area contributed by atoms with Crippen LogP contribution in [-0.4, -0.2) is 54.6 Å². The summed E-state index contributed by atoms with van der Waals surface area (Å²) < 4.78 is 0. The zero-order chi connectivity index (χ0) is 13.9. The third kappa shape index (κ3) is 2.85. The number of piperazine rings is 1. The molecule has 2 saturated heterocycles. The van der Waals surface area contributed by atoms with E-state index in [1.54, 1.807) is 0 Å². The van der Waals surface area contributed by atoms with E-state index in [4.69, 9.17) is 0 Å². The summed E-state index contributed by atoms with van der Waals surface area (Å²) in [6, 6.07) is 10.9. The molecular weight excluding hydrogens is 250 g/mol. The number of hydrogen-bond donors (Lipinski definition) is 1. The molecule has 1 unspecified atom stereocenters. The molecular formula is C16H21N3O. The van der Waals surface area contributed by atoms with Crippen molar-refractivity contribution >= 4 is 12.1 Å². The van der Waals surface area contributed by atoms with Crippen molar-refractivity contribution in [3.05, 3.63) is 41.5 Å². The molecule has 0 spiro atoms. The molecule has 2 heterocycles. The number of carbonyl (C=O) groups excluding carboxylic acids is 1. The fourth-order valence-corrected chi connectivity index (χ4v) is 3.04. The van der Waals surface area contributed by atoms with Gasteiger partial charge in [-0.3, -0.25) is 4.90 Å². The average molecular weight is 271 g/mol. The van der Waals surface area contributed by atoms with E-state index in [-0.39, 0.29) is 6.03 Å². The lowest BCUT2D eigenvalue weighted by atomic mass is 10.1. The Bertz CT molecular complexity index is 512. The van der Waals surface area contributed by atoms with Crippen molar-refractivity contribution in [2.45, 2.75) is 13.0 Å². The molecule has 20 heavy (non-hydrogen) atoms. The highest BCUT2D eigenvalue weighted by atomic mass is 16.2. The molecule has 4 nitrogen and oxygen atoms in total. The number of hydrogen-bond acceptors (Lipinski definition) is 2. The van der Waals surface area contributed by atoms with Gasteiger partial charge in [0.25, 0.3) is 0 Å². The molecule has 2 amide bonds. The maximum atomic E-state index is 11.6.